The summed E-state index contributed by atoms with van der Waals surface area (Å²) in [4.78, 5) is 15.6. The van der Waals surface area contributed by atoms with Crippen molar-refractivity contribution in [2.24, 2.45) is 0 Å². The first kappa shape index (κ1) is 24.3. The van der Waals surface area contributed by atoms with Crippen molar-refractivity contribution < 1.29 is 4.42 Å². The van der Waals surface area contributed by atoms with E-state index in [0.717, 1.165) is 54.8 Å². The molecule has 0 amide bonds. The number of aromatic nitrogens is 3. The van der Waals surface area contributed by atoms with Gasteiger partial charge in [-0.1, -0.05) is 121 Å². The molecule has 0 atom stereocenters. The Morgan fingerprint density at radius 2 is 1.00 bits per heavy atom. The highest BCUT2D eigenvalue weighted by Gasteiger charge is 2.25. The van der Waals surface area contributed by atoms with E-state index in [0.29, 0.717) is 17.5 Å². The summed E-state index contributed by atoms with van der Waals surface area (Å²) < 4.78 is 6.40. The number of para-hydroxylation sites is 1. The number of hydrogen-bond acceptors (Lipinski definition) is 4. The molecule has 2 heterocycles. The fourth-order valence-electron chi connectivity index (χ4n) is 7.11. The normalized spacial score (nSPS) is 12.0. The van der Waals surface area contributed by atoms with E-state index in [1.165, 1.54) is 27.6 Å². The molecule has 45 heavy (non-hydrogen) atoms. The number of nitrogens with zero attached hydrogens (tertiary/aromatic N) is 3. The van der Waals surface area contributed by atoms with Gasteiger partial charge in [0.05, 0.1) is 0 Å². The van der Waals surface area contributed by atoms with E-state index in [9.17, 15) is 0 Å². The molecule has 0 saturated heterocycles. The van der Waals surface area contributed by atoms with Crippen LogP contribution in [0, 0.1) is 0 Å². The lowest BCUT2D eigenvalue weighted by Crippen LogP contribution is -2.01. The maximum Gasteiger partial charge on any atom is 0.165 e. The van der Waals surface area contributed by atoms with Crippen molar-refractivity contribution in [1.29, 1.82) is 0 Å². The molecule has 208 valence electrons. The molecule has 0 saturated carbocycles. The topological polar surface area (TPSA) is 51.8 Å². The Kier molecular flexibility index (Phi) is 4.96. The van der Waals surface area contributed by atoms with Crippen LogP contribution in [0.4, 0.5) is 0 Å². The second-order valence-electron chi connectivity index (χ2n) is 11.6. The van der Waals surface area contributed by atoms with Crippen molar-refractivity contribution >= 4 is 43.5 Å². The average molecular weight is 574 g/mol. The number of rotatable bonds is 3. The summed E-state index contributed by atoms with van der Waals surface area (Å²) in [6, 6.07) is 48.4. The van der Waals surface area contributed by atoms with Gasteiger partial charge in [0.25, 0.3) is 0 Å². The molecular formula is C41H23N3O. The Morgan fingerprint density at radius 3 is 1.87 bits per heavy atom. The molecule has 0 aliphatic heterocycles. The molecule has 7 aromatic carbocycles. The third-order valence-electron chi connectivity index (χ3n) is 9.07. The van der Waals surface area contributed by atoms with E-state index >= 15 is 0 Å². The van der Waals surface area contributed by atoms with Crippen LogP contribution >= 0.6 is 0 Å². The molecule has 0 bridgehead atoms. The van der Waals surface area contributed by atoms with Crippen LogP contribution in [-0.4, -0.2) is 15.0 Å². The first-order valence-corrected chi connectivity index (χ1v) is 15.1. The van der Waals surface area contributed by atoms with Gasteiger partial charge in [0, 0.05) is 27.5 Å². The molecule has 0 unspecified atom stereocenters. The highest BCUT2D eigenvalue weighted by molar-refractivity contribution is 6.21. The maximum absolute atomic E-state index is 6.40. The number of fused-ring (bicyclic) bond motifs is 7. The van der Waals surface area contributed by atoms with Crippen molar-refractivity contribution in [3.8, 4) is 56.4 Å². The zero-order chi connectivity index (χ0) is 29.5. The lowest BCUT2D eigenvalue weighted by Gasteiger charge is -2.13. The Labute approximate surface area is 258 Å². The minimum atomic E-state index is 0.624. The number of furan rings is 1. The van der Waals surface area contributed by atoms with Crippen LogP contribution in [0.3, 0.4) is 0 Å². The Bertz CT molecular complexity index is 2620. The fourth-order valence-corrected chi connectivity index (χ4v) is 7.11. The molecule has 1 aliphatic carbocycles. The lowest BCUT2D eigenvalue weighted by atomic mass is 9.97. The summed E-state index contributed by atoms with van der Waals surface area (Å²) in [5, 5.41) is 6.58. The van der Waals surface area contributed by atoms with E-state index in [4.69, 9.17) is 19.4 Å². The van der Waals surface area contributed by atoms with Gasteiger partial charge in [-0.2, -0.15) is 0 Å². The van der Waals surface area contributed by atoms with E-state index in [-0.39, 0.29) is 0 Å². The van der Waals surface area contributed by atoms with Crippen molar-refractivity contribution in [3.63, 3.8) is 0 Å². The monoisotopic (exact) mass is 573 g/mol. The Morgan fingerprint density at radius 1 is 0.378 bits per heavy atom. The summed E-state index contributed by atoms with van der Waals surface area (Å²) in [6.07, 6.45) is 0. The highest BCUT2D eigenvalue weighted by atomic mass is 16.3. The standard InChI is InChI=1S/C41H23N3O/c1-2-11-24(12-3-1)39-42-40(32-22-21-31-28-16-7-6-15-27(28)29-18-10-19-30(32)36(29)31)44-41(43-39)38-26-14-5-4-13-25(26)23-35-37(38)33-17-8-9-20-34(33)45-35/h1-23H. The molecule has 4 heteroatoms. The zero-order valence-corrected chi connectivity index (χ0v) is 24.0. The van der Waals surface area contributed by atoms with Crippen LogP contribution in [0.15, 0.2) is 144 Å². The molecule has 2 aromatic heterocycles. The van der Waals surface area contributed by atoms with Gasteiger partial charge in [0.1, 0.15) is 11.2 Å². The summed E-state index contributed by atoms with van der Waals surface area (Å²) >= 11 is 0. The molecule has 0 N–H and O–H groups in total. The van der Waals surface area contributed by atoms with Crippen molar-refractivity contribution in [2.75, 3.05) is 0 Å². The predicted octanol–water partition coefficient (Wildman–Crippen LogP) is 10.7. The smallest absolute Gasteiger partial charge is 0.165 e. The average Bonchev–Trinajstić information content (AvgIpc) is 3.64. The zero-order valence-electron chi connectivity index (χ0n) is 24.0. The molecule has 10 rings (SSSR count). The van der Waals surface area contributed by atoms with Gasteiger partial charge in [-0.3, -0.25) is 0 Å². The van der Waals surface area contributed by atoms with Crippen LogP contribution in [0.1, 0.15) is 0 Å². The SMILES string of the molecule is c1ccc(-c2nc(-c3ccc4c5c(cccc35)-c3ccccc3-4)nc(-c3c4ccccc4cc4oc5ccccc5c34)n2)cc1. The van der Waals surface area contributed by atoms with Gasteiger partial charge in [0.2, 0.25) is 0 Å². The summed E-state index contributed by atoms with van der Waals surface area (Å²) in [7, 11) is 0. The van der Waals surface area contributed by atoms with Crippen molar-refractivity contribution in [1.82, 2.24) is 15.0 Å². The van der Waals surface area contributed by atoms with Crippen LogP contribution in [0.5, 0.6) is 0 Å². The number of hydrogen-bond donors (Lipinski definition) is 0. The van der Waals surface area contributed by atoms with E-state index in [1.807, 2.05) is 30.3 Å². The van der Waals surface area contributed by atoms with E-state index in [2.05, 4.69) is 109 Å². The largest absolute Gasteiger partial charge is 0.456 e. The predicted molar refractivity (Wildman–Crippen MR) is 183 cm³/mol. The van der Waals surface area contributed by atoms with Gasteiger partial charge in [0.15, 0.2) is 17.5 Å². The molecule has 0 spiro atoms. The minimum Gasteiger partial charge on any atom is -0.456 e. The van der Waals surface area contributed by atoms with Crippen LogP contribution < -0.4 is 0 Å². The molecule has 0 radical (unpaired) electrons. The maximum atomic E-state index is 6.40. The lowest BCUT2D eigenvalue weighted by molar-refractivity contribution is 0.669. The molecular weight excluding hydrogens is 550 g/mol. The second kappa shape index (κ2) is 9.18. The summed E-state index contributed by atoms with van der Waals surface area (Å²) in [5.74, 6) is 1.90. The molecule has 9 aromatic rings. The second-order valence-corrected chi connectivity index (χ2v) is 11.6. The Balaban J connectivity index is 1.32. The third-order valence-corrected chi connectivity index (χ3v) is 9.07. The highest BCUT2D eigenvalue weighted by Crippen LogP contribution is 2.49. The van der Waals surface area contributed by atoms with Crippen LogP contribution in [0.2, 0.25) is 0 Å². The Hall–Kier alpha value is -6.13. The first-order valence-electron chi connectivity index (χ1n) is 15.1. The van der Waals surface area contributed by atoms with Gasteiger partial charge in [-0.25, -0.2) is 15.0 Å². The first-order chi connectivity index (χ1) is 22.3. The molecule has 0 fully saturated rings. The van der Waals surface area contributed by atoms with Gasteiger partial charge < -0.3 is 4.42 Å². The van der Waals surface area contributed by atoms with Gasteiger partial charge in [-0.15, -0.1) is 0 Å². The fraction of sp³-hybridized carbons (Fsp3) is 0. The third kappa shape index (κ3) is 3.51. The number of benzene rings is 7. The van der Waals surface area contributed by atoms with E-state index in [1.54, 1.807) is 0 Å². The summed E-state index contributed by atoms with van der Waals surface area (Å²) in [6.45, 7) is 0. The molecule has 1 aliphatic rings. The van der Waals surface area contributed by atoms with Crippen molar-refractivity contribution in [2.45, 2.75) is 0 Å². The van der Waals surface area contributed by atoms with Crippen LogP contribution in [-0.2, 0) is 0 Å². The minimum absolute atomic E-state index is 0.624. The molecule has 4 nitrogen and oxygen atoms in total. The summed E-state index contributed by atoms with van der Waals surface area (Å²) in [5.41, 5.74) is 9.56. The van der Waals surface area contributed by atoms with Crippen molar-refractivity contribution in [3.05, 3.63) is 140 Å². The van der Waals surface area contributed by atoms with Crippen LogP contribution in [0.25, 0.3) is 99.9 Å². The van der Waals surface area contributed by atoms with Gasteiger partial charge >= 0.3 is 0 Å². The van der Waals surface area contributed by atoms with E-state index < -0.39 is 0 Å². The van der Waals surface area contributed by atoms with Gasteiger partial charge in [-0.05, 0) is 62.0 Å². The quantitative estimate of drug-likeness (QED) is 0.211.